The van der Waals surface area contributed by atoms with E-state index in [1.807, 2.05) is 12.1 Å². The van der Waals surface area contributed by atoms with E-state index in [4.69, 9.17) is 0 Å². The van der Waals surface area contributed by atoms with Crippen molar-refractivity contribution >= 4 is 5.97 Å². The molecule has 0 amide bonds. The standard InChI is InChI=1S/C33H48O2/c1-4-21-19-27-29-14-13-25(12-11-23-20-26(23)22-8-7-9-24(18-22)31(34)35)32(29,2)17-15-30(27)33(3)16-6-5-10-28(21)33/h7-9,18,21,23,25-30H,4-6,10-17,19-20H2,1-3H3,(H,34,35)/t21-,23?,25?,26?,27?,28?,29?,30-,32?,33?/m0/s1. The molecule has 5 aliphatic rings. The van der Waals surface area contributed by atoms with Crippen LogP contribution in [0.1, 0.15) is 126 Å². The molecule has 35 heavy (non-hydrogen) atoms. The van der Waals surface area contributed by atoms with E-state index < -0.39 is 5.97 Å². The maximum atomic E-state index is 11.4. The first-order valence-electron chi connectivity index (χ1n) is 15.2. The molecule has 0 radical (unpaired) electrons. The summed E-state index contributed by atoms with van der Waals surface area (Å²) in [5.74, 6) is 6.45. The zero-order valence-corrected chi connectivity index (χ0v) is 22.5. The van der Waals surface area contributed by atoms with Crippen LogP contribution in [0.15, 0.2) is 24.3 Å². The second-order valence-corrected chi connectivity index (χ2v) is 14.1. The molecule has 5 aliphatic carbocycles. The van der Waals surface area contributed by atoms with Crippen molar-refractivity contribution in [2.75, 3.05) is 0 Å². The predicted octanol–water partition coefficient (Wildman–Crippen LogP) is 8.95. The van der Waals surface area contributed by atoms with Crippen LogP contribution in [0.2, 0.25) is 0 Å². The molecule has 192 valence electrons. The van der Waals surface area contributed by atoms with E-state index in [0.717, 1.165) is 41.4 Å². The summed E-state index contributed by atoms with van der Waals surface area (Å²) in [6, 6.07) is 7.73. The van der Waals surface area contributed by atoms with Gasteiger partial charge in [0.25, 0.3) is 0 Å². The number of fused-ring (bicyclic) bond motifs is 5. The Balaban J connectivity index is 1.12. The van der Waals surface area contributed by atoms with Gasteiger partial charge in [-0.3, -0.25) is 0 Å². The average Bonchev–Trinajstić information content (AvgIpc) is 3.56. The predicted molar refractivity (Wildman–Crippen MR) is 142 cm³/mol. The fourth-order valence-corrected chi connectivity index (χ4v) is 10.9. The van der Waals surface area contributed by atoms with Crippen molar-refractivity contribution in [3.63, 3.8) is 0 Å². The molecule has 5 saturated carbocycles. The van der Waals surface area contributed by atoms with Gasteiger partial charge in [0.05, 0.1) is 5.56 Å². The van der Waals surface area contributed by atoms with Gasteiger partial charge in [-0.2, -0.15) is 0 Å². The number of rotatable bonds is 6. The summed E-state index contributed by atoms with van der Waals surface area (Å²) in [4.78, 5) is 11.4. The number of carboxylic acids is 1. The molecular weight excluding hydrogens is 428 g/mol. The van der Waals surface area contributed by atoms with E-state index in [9.17, 15) is 9.90 Å². The Kier molecular flexibility index (Phi) is 6.12. The van der Waals surface area contributed by atoms with Gasteiger partial charge in [0, 0.05) is 0 Å². The Bertz CT molecular complexity index is 952. The van der Waals surface area contributed by atoms with Crippen molar-refractivity contribution in [2.45, 2.75) is 110 Å². The molecule has 8 unspecified atom stereocenters. The third kappa shape index (κ3) is 3.91. The molecule has 0 spiro atoms. The quantitative estimate of drug-likeness (QED) is 0.445. The first-order chi connectivity index (χ1) is 16.8. The molecule has 6 rings (SSSR count). The van der Waals surface area contributed by atoms with Crippen LogP contribution >= 0.6 is 0 Å². The molecule has 5 fully saturated rings. The molecule has 0 heterocycles. The lowest BCUT2D eigenvalue weighted by Crippen LogP contribution is -2.55. The SMILES string of the molecule is CC[C@H]1CC2C3CCC(CCC4CC4c4cccc(C(=O)O)c4)C3(C)CC[C@@H]2C2(C)CCCCC12. The van der Waals surface area contributed by atoms with Crippen molar-refractivity contribution in [1.82, 2.24) is 0 Å². The summed E-state index contributed by atoms with van der Waals surface area (Å²) in [7, 11) is 0. The Labute approximate surface area is 213 Å². The minimum absolute atomic E-state index is 0.447. The molecule has 0 aliphatic heterocycles. The van der Waals surface area contributed by atoms with Crippen molar-refractivity contribution in [1.29, 1.82) is 0 Å². The Morgan fingerprint density at radius 1 is 0.914 bits per heavy atom. The monoisotopic (exact) mass is 476 g/mol. The van der Waals surface area contributed by atoms with Crippen LogP contribution in [0.25, 0.3) is 0 Å². The molecule has 1 N–H and O–H groups in total. The highest BCUT2D eigenvalue weighted by Crippen LogP contribution is 2.69. The summed E-state index contributed by atoms with van der Waals surface area (Å²) in [5, 5.41) is 9.36. The van der Waals surface area contributed by atoms with E-state index in [0.29, 0.717) is 22.3 Å². The number of aromatic carboxylic acids is 1. The lowest BCUT2D eigenvalue weighted by molar-refractivity contribution is -0.135. The number of hydrogen-bond donors (Lipinski definition) is 1. The maximum Gasteiger partial charge on any atom is 0.335 e. The van der Waals surface area contributed by atoms with Gasteiger partial charge in [0.2, 0.25) is 0 Å². The van der Waals surface area contributed by atoms with Gasteiger partial charge in [0.1, 0.15) is 0 Å². The molecule has 2 heteroatoms. The van der Waals surface area contributed by atoms with E-state index in [1.54, 1.807) is 12.5 Å². The zero-order valence-electron chi connectivity index (χ0n) is 22.5. The van der Waals surface area contributed by atoms with Crippen LogP contribution in [0.4, 0.5) is 0 Å². The molecule has 0 aromatic heterocycles. The first-order valence-corrected chi connectivity index (χ1v) is 15.2. The van der Waals surface area contributed by atoms with Crippen LogP contribution in [0.5, 0.6) is 0 Å². The fourth-order valence-electron chi connectivity index (χ4n) is 10.9. The molecule has 0 bridgehead atoms. The molecule has 1 aromatic carbocycles. The van der Waals surface area contributed by atoms with E-state index in [1.165, 1.54) is 82.6 Å². The van der Waals surface area contributed by atoms with E-state index >= 15 is 0 Å². The second kappa shape index (κ2) is 8.91. The fraction of sp³-hybridized carbons (Fsp3) is 0.788. The number of benzene rings is 1. The molecule has 1 aromatic rings. The lowest BCUT2D eigenvalue weighted by Gasteiger charge is -2.62. The van der Waals surface area contributed by atoms with Gasteiger partial charge in [-0.05, 0) is 140 Å². The summed E-state index contributed by atoms with van der Waals surface area (Å²) >= 11 is 0. The third-order valence-electron chi connectivity index (χ3n) is 12.8. The summed E-state index contributed by atoms with van der Waals surface area (Å²) < 4.78 is 0. The van der Waals surface area contributed by atoms with Gasteiger partial charge in [-0.25, -0.2) is 4.79 Å². The molecule has 10 atom stereocenters. The van der Waals surface area contributed by atoms with Crippen LogP contribution in [-0.2, 0) is 0 Å². The topological polar surface area (TPSA) is 37.3 Å². The zero-order chi connectivity index (χ0) is 24.4. The minimum Gasteiger partial charge on any atom is -0.478 e. The second-order valence-electron chi connectivity index (χ2n) is 14.1. The van der Waals surface area contributed by atoms with E-state index in [2.05, 4.69) is 26.8 Å². The third-order valence-corrected chi connectivity index (χ3v) is 12.8. The van der Waals surface area contributed by atoms with Gasteiger partial charge >= 0.3 is 5.97 Å². The normalized spacial score (nSPS) is 46.4. The summed E-state index contributed by atoms with van der Waals surface area (Å²) in [6.07, 6.45) is 18.9. The highest BCUT2D eigenvalue weighted by atomic mass is 16.4. The number of carboxylic acid groups (broad SMARTS) is 1. The molecular formula is C33H48O2. The van der Waals surface area contributed by atoms with Gasteiger partial charge in [-0.1, -0.05) is 52.2 Å². The van der Waals surface area contributed by atoms with Crippen LogP contribution < -0.4 is 0 Å². The Morgan fingerprint density at radius 3 is 2.54 bits per heavy atom. The van der Waals surface area contributed by atoms with Gasteiger partial charge in [-0.15, -0.1) is 0 Å². The Morgan fingerprint density at radius 2 is 1.74 bits per heavy atom. The number of carbonyl (C=O) groups is 1. The lowest BCUT2D eigenvalue weighted by atomic mass is 9.42. The average molecular weight is 477 g/mol. The van der Waals surface area contributed by atoms with Gasteiger partial charge in [0.15, 0.2) is 0 Å². The van der Waals surface area contributed by atoms with Crippen molar-refractivity contribution in [3.05, 3.63) is 35.4 Å². The van der Waals surface area contributed by atoms with Crippen LogP contribution in [-0.4, -0.2) is 11.1 Å². The van der Waals surface area contributed by atoms with Crippen LogP contribution in [0.3, 0.4) is 0 Å². The first kappa shape index (κ1) is 24.1. The van der Waals surface area contributed by atoms with Crippen molar-refractivity contribution in [3.8, 4) is 0 Å². The van der Waals surface area contributed by atoms with Crippen molar-refractivity contribution < 1.29 is 9.90 Å². The smallest absolute Gasteiger partial charge is 0.335 e. The van der Waals surface area contributed by atoms with E-state index in [-0.39, 0.29) is 0 Å². The molecule has 2 nitrogen and oxygen atoms in total. The largest absolute Gasteiger partial charge is 0.478 e. The molecule has 0 saturated heterocycles. The number of hydrogen-bond acceptors (Lipinski definition) is 1. The van der Waals surface area contributed by atoms with Crippen LogP contribution in [0, 0.1) is 52.3 Å². The van der Waals surface area contributed by atoms with Gasteiger partial charge < -0.3 is 5.11 Å². The highest BCUT2D eigenvalue weighted by Gasteiger charge is 2.61. The highest BCUT2D eigenvalue weighted by molar-refractivity contribution is 5.87. The summed E-state index contributed by atoms with van der Waals surface area (Å²) in [5.41, 5.74) is 2.91. The Hall–Kier alpha value is -1.31. The van der Waals surface area contributed by atoms with Crippen molar-refractivity contribution in [2.24, 2.45) is 52.3 Å². The summed E-state index contributed by atoms with van der Waals surface area (Å²) in [6.45, 7) is 7.93. The minimum atomic E-state index is -0.800. The maximum absolute atomic E-state index is 11.4.